The van der Waals surface area contributed by atoms with Crippen molar-refractivity contribution in [2.75, 3.05) is 10.6 Å². The van der Waals surface area contributed by atoms with Gasteiger partial charge in [0.25, 0.3) is 0 Å². The molecule has 0 fully saturated rings. The topological polar surface area (TPSA) is 75.9 Å². The summed E-state index contributed by atoms with van der Waals surface area (Å²) in [4.78, 5) is 9.02. The number of para-hydroxylation sites is 1. The van der Waals surface area contributed by atoms with Gasteiger partial charge in [-0.3, -0.25) is 0 Å². The monoisotopic (exact) mass is 323 g/mol. The van der Waals surface area contributed by atoms with E-state index in [1.807, 2.05) is 26.0 Å². The van der Waals surface area contributed by atoms with Gasteiger partial charge < -0.3 is 15.2 Å². The summed E-state index contributed by atoms with van der Waals surface area (Å²) in [7, 11) is 0. The first-order chi connectivity index (χ1) is 11.5. The predicted molar refractivity (Wildman–Crippen MR) is 95.1 cm³/mol. The van der Waals surface area contributed by atoms with E-state index in [1.165, 1.54) is 11.1 Å². The molecule has 24 heavy (non-hydrogen) atoms. The van der Waals surface area contributed by atoms with Gasteiger partial charge >= 0.3 is 0 Å². The molecule has 2 heterocycles. The van der Waals surface area contributed by atoms with Crippen LogP contribution in [-0.2, 0) is 6.42 Å². The third-order valence-electron chi connectivity index (χ3n) is 3.72. The second kappa shape index (κ2) is 6.70. The molecule has 3 aromatic rings. The third kappa shape index (κ3) is 3.53. The molecule has 0 aliphatic carbocycles. The smallest absolute Gasteiger partial charge is 0.229 e. The molecule has 0 aliphatic heterocycles. The van der Waals surface area contributed by atoms with Crippen molar-refractivity contribution in [2.45, 2.75) is 34.1 Å². The van der Waals surface area contributed by atoms with Crippen molar-refractivity contribution in [3.8, 4) is 0 Å². The van der Waals surface area contributed by atoms with Crippen LogP contribution in [-0.4, -0.2) is 15.1 Å². The average molecular weight is 323 g/mol. The molecule has 0 amide bonds. The first kappa shape index (κ1) is 16.0. The van der Waals surface area contributed by atoms with E-state index in [9.17, 15) is 0 Å². The number of hydrogen-bond acceptors (Lipinski definition) is 6. The van der Waals surface area contributed by atoms with Crippen molar-refractivity contribution in [2.24, 2.45) is 0 Å². The minimum atomic E-state index is 0.557. The number of aromatic nitrogens is 3. The van der Waals surface area contributed by atoms with Crippen LogP contribution in [0.5, 0.6) is 0 Å². The van der Waals surface area contributed by atoms with E-state index in [-0.39, 0.29) is 0 Å². The van der Waals surface area contributed by atoms with E-state index in [4.69, 9.17) is 4.52 Å². The summed E-state index contributed by atoms with van der Waals surface area (Å²) in [5.41, 5.74) is 4.33. The maximum atomic E-state index is 5.07. The van der Waals surface area contributed by atoms with Crippen molar-refractivity contribution in [1.82, 2.24) is 15.1 Å². The fraction of sp³-hybridized carbons (Fsp3) is 0.278. The Labute approximate surface area is 141 Å². The molecule has 6 nitrogen and oxygen atoms in total. The number of rotatable bonds is 5. The fourth-order valence-electron chi connectivity index (χ4n) is 2.56. The van der Waals surface area contributed by atoms with Gasteiger partial charge in [-0.2, -0.15) is 4.98 Å². The first-order valence-electron chi connectivity index (χ1n) is 7.96. The van der Waals surface area contributed by atoms with Gasteiger partial charge in [-0.15, -0.1) is 0 Å². The highest BCUT2D eigenvalue weighted by Crippen LogP contribution is 2.25. The highest BCUT2D eigenvalue weighted by Gasteiger charge is 2.09. The van der Waals surface area contributed by atoms with Crippen LogP contribution in [0.3, 0.4) is 0 Å². The Morgan fingerprint density at radius 3 is 2.54 bits per heavy atom. The Morgan fingerprint density at radius 1 is 1.00 bits per heavy atom. The Bertz CT molecular complexity index is 856. The SMILES string of the molecule is CCc1cccc(C)c1Nc1nc(C)cc(Nc2cc(C)on2)n1. The molecule has 0 unspecified atom stereocenters. The standard InChI is InChI=1S/C18H21N5O/c1-5-14-8-6-7-11(2)17(14)22-18-19-12(3)9-15(21-18)20-16-10-13(4)24-23-16/h6-10H,5H2,1-4H3,(H2,19,20,21,22,23). The van der Waals surface area contributed by atoms with E-state index in [0.29, 0.717) is 17.6 Å². The van der Waals surface area contributed by atoms with Crippen molar-refractivity contribution in [1.29, 1.82) is 0 Å². The molecule has 0 radical (unpaired) electrons. The largest absolute Gasteiger partial charge is 0.360 e. The number of nitrogens with one attached hydrogen (secondary N) is 2. The zero-order valence-electron chi connectivity index (χ0n) is 14.3. The summed E-state index contributed by atoms with van der Waals surface area (Å²) in [5.74, 6) is 2.60. The van der Waals surface area contributed by atoms with E-state index >= 15 is 0 Å². The van der Waals surface area contributed by atoms with Crippen LogP contribution < -0.4 is 10.6 Å². The maximum Gasteiger partial charge on any atom is 0.229 e. The summed E-state index contributed by atoms with van der Waals surface area (Å²) in [6.07, 6.45) is 0.944. The minimum Gasteiger partial charge on any atom is -0.360 e. The molecular formula is C18H21N5O. The summed E-state index contributed by atoms with van der Waals surface area (Å²) >= 11 is 0. The third-order valence-corrected chi connectivity index (χ3v) is 3.72. The van der Waals surface area contributed by atoms with Gasteiger partial charge in [0.15, 0.2) is 5.82 Å². The zero-order valence-corrected chi connectivity index (χ0v) is 14.3. The van der Waals surface area contributed by atoms with Crippen molar-refractivity contribution in [3.63, 3.8) is 0 Å². The van der Waals surface area contributed by atoms with Crippen LogP contribution in [0, 0.1) is 20.8 Å². The van der Waals surface area contributed by atoms with Crippen LogP contribution in [0.1, 0.15) is 29.5 Å². The number of benzene rings is 1. The second-order valence-electron chi connectivity index (χ2n) is 5.75. The molecule has 0 bridgehead atoms. The van der Waals surface area contributed by atoms with Crippen molar-refractivity contribution < 1.29 is 4.52 Å². The van der Waals surface area contributed by atoms with Gasteiger partial charge in [0.1, 0.15) is 11.6 Å². The number of hydrogen-bond donors (Lipinski definition) is 2. The molecule has 1 aromatic carbocycles. The molecule has 0 saturated heterocycles. The lowest BCUT2D eigenvalue weighted by molar-refractivity contribution is 0.400. The van der Waals surface area contributed by atoms with E-state index < -0.39 is 0 Å². The Kier molecular flexibility index (Phi) is 4.46. The first-order valence-corrected chi connectivity index (χ1v) is 7.96. The highest BCUT2D eigenvalue weighted by molar-refractivity contribution is 5.64. The highest BCUT2D eigenvalue weighted by atomic mass is 16.5. The fourth-order valence-corrected chi connectivity index (χ4v) is 2.56. The quantitative estimate of drug-likeness (QED) is 0.723. The molecule has 3 rings (SSSR count). The molecule has 124 valence electrons. The van der Waals surface area contributed by atoms with E-state index in [0.717, 1.165) is 23.6 Å². The molecule has 2 N–H and O–H groups in total. The van der Waals surface area contributed by atoms with E-state index in [1.54, 1.807) is 0 Å². The van der Waals surface area contributed by atoms with Crippen molar-refractivity contribution >= 4 is 23.3 Å². The Balaban J connectivity index is 1.89. The van der Waals surface area contributed by atoms with Gasteiger partial charge in [-0.05, 0) is 38.3 Å². The molecule has 0 spiro atoms. The number of anilines is 4. The lowest BCUT2D eigenvalue weighted by Crippen LogP contribution is -2.05. The Hall–Kier alpha value is -2.89. The lowest BCUT2D eigenvalue weighted by atomic mass is 10.1. The summed E-state index contributed by atoms with van der Waals surface area (Å²) in [5, 5.41) is 10.4. The van der Waals surface area contributed by atoms with Gasteiger partial charge in [-0.25, -0.2) is 4.98 Å². The minimum absolute atomic E-state index is 0.557. The van der Waals surface area contributed by atoms with Crippen LogP contribution in [0.4, 0.5) is 23.3 Å². The molecular weight excluding hydrogens is 302 g/mol. The summed E-state index contributed by atoms with van der Waals surface area (Å²) in [6.45, 7) is 8.00. The van der Waals surface area contributed by atoms with Gasteiger partial charge in [-0.1, -0.05) is 30.3 Å². The summed E-state index contributed by atoms with van der Waals surface area (Å²) < 4.78 is 5.07. The van der Waals surface area contributed by atoms with Gasteiger partial charge in [0, 0.05) is 23.5 Å². The number of aryl methyl sites for hydroxylation is 4. The van der Waals surface area contributed by atoms with Gasteiger partial charge in [0.05, 0.1) is 0 Å². The van der Waals surface area contributed by atoms with Crippen LogP contribution in [0.25, 0.3) is 0 Å². The lowest BCUT2D eigenvalue weighted by Gasteiger charge is -2.14. The predicted octanol–water partition coefficient (Wildman–Crippen LogP) is 4.44. The maximum absolute atomic E-state index is 5.07. The summed E-state index contributed by atoms with van der Waals surface area (Å²) in [6, 6.07) is 9.95. The Morgan fingerprint density at radius 2 is 1.83 bits per heavy atom. The van der Waals surface area contributed by atoms with Crippen molar-refractivity contribution in [3.05, 3.63) is 52.9 Å². The number of nitrogens with zero attached hydrogens (tertiary/aromatic N) is 3. The molecule has 2 aromatic heterocycles. The van der Waals surface area contributed by atoms with Crippen LogP contribution in [0.15, 0.2) is 34.9 Å². The molecule has 6 heteroatoms. The second-order valence-corrected chi connectivity index (χ2v) is 5.75. The normalized spacial score (nSPS) is 10.7. The zero-order chi connectivity index (χ0) is 17.1. The van der Waals surface area contributed by atoms with Crippen LogP contribution >= 0.6 is 0 Å². The van der Waals surface area contributed by atoms with Crippen LogP contribution in [0.2, 0.25) is 0 Å². The molecule has 0 atom stereocenters. The molecule has 0 aliphatic rings. The van der Waals surface area contributed by atoms with Gasteiger partial charge in [0.2, 0.25) is 5.95 Å². The average Bonchev–Trinajstić information content (AvgIpc) is 2.93. The molecule has 0 saturated carbocycles. The van der Waals surface area contributed by atoms with E-state index in [2.05, 4.69) is 57.8 Å².